The van der Waals surface area contributed by atoms with Crippen LogP contribution >= 0.6 is 0 Å². The van der Waals surface area contributed by atoms with Gasteiger partial charge in [-0.2, -0.15) is 0 Å². The van der Waals surface area contributed by atoms with Gasteiger partial charge in [0.05, 0.1) is 24.4 Å². The fraction of sp³-hybridized carbons (Fsp3) is 1.00. The fourth-order valence-electron chi connectivity index (χ4n) is 2.30. The zero-order valence-electron chi connectivity index (χ0n) is 6.93. The Morgan fingerprint density at radius 3 is 2.50 bits per heavy atom. The Morgan fingerprint density at radius 1 is 1.08 bits per heavy atom. The van der Waals surface area contributed by atoms with Gasteiger partial charge in [0.2, 0.25) is 0 Å². The first-order valence-electron chi connectivity index (χ1n) is 4.48. The molecule has 0 bridgehead atoms. The summed E-state index contributed by atoms with van der Waals surface area (Å²) < 4.78 is 0. The van der Waals surface area contributed by atoms with E-state index in [2.05, 4.69) is 0 Å². The minimum Gasteiger partial charge on any atom is -0.391 e. The number of fused-ring (bicyclic) bond motifs is 1. The largest absolute Gasteiger partial charge is 0.391 e. The summed E-state index contributed by atoms with van der Waals surface area (Å²) in [5.74, 6) is 0. The zero-order chi connectivity index (χ0) is 8.72. The van der Waals surface area contributed by atoms with Crippen LogP contribution in [0.3, 0.4) is 0 Å². The van der Waals surface area contributed by atoms with Crippen molar-refractivity contribution in [2.75, 3.05) is 13.1 Å². The highest BCUT2D eigenvalue weighted by atomic mass is 16.3. The van der Waals surface area contributed by atoms with Crippen LogP contribution in [0, 0.1) is 0 Å². The second-order valence-electron chi connectivity index (χ2n) is 3.75. The van der Waals surface area contributed by atoms with Crippen LogP contribution < -0.4 is 0 Å². The normalized spacial score (nSPS) is 49.2. The molecule has 2 rings (SSSR count). The third kappa shape index (κ3) is 1.15. The van der Waals surface area contributed by atoms with E-state index >= 15 is 0 Å². The molecule has 0 amide bonds. The first-order chi connectivity index (χ1) is 5.70. The van der Waals surface area contributed by atoms with E-state index < -0.39 is 18.3 Å². The van der Waals surface area contributed by atoms with E-state index in [0.717, 1.165) is 19.4 Å². The summed E-state index contributed by atoms with van der Waals surface area (Å²) in [4.78, 5) is 1.98. The zero-order valence-corrected chi connectivity index (χ0v) is 6.93. The molecule has 0 spiro atoms. The Kier molecular flexibility index (Phi) is 2.08. The molecule has 70 valence electrons. The number of hydrogen-bond acceptors (Lipinski definition) is 4. The van der Waals surface area contributed by atoms with Crippen molar-refractivity contribution in [1.29, 1.82) is 0 Å². The molecule has 2 saturated heterocycles. The first-order valence-corrected chi connectivity index (χ1v) is 4.48. The highest BCUT2D eigenvalue weighted by molar-refractivity contribution is 4.99. The molecule has 4 atom stereocenters. The molecule has 4 nitrogen and oxygen atoms in total. The topological polar surface area (TPSA) is 63.9 Å². The van der Waals surface area contributed by atoms with Gasteiger partial charge >= 0.3 is 0 Å². The maximum atomic E-state index is 9.55. The summed E-state index contributed by atoms with van der Waals surface area (Å²) >= 11 is 0. The smallest absolute Gasteiger partial charge is 0.0991 e. The summed E-state index contributed by atoms with van der Waals surface area (Å²) in [5, 5.41) is 28.4. The van der Waals surface area contributed by atoms with Gasteiger partial charge in [0.15, 0.2) is 0 Å². The minimum atomic E-state index is -0.764. The highest BCUT2D eigenvalue weighted by Gasteiger charge is 2.45. The second kappa shape index (κ2) is 2.96. The second-order valence-corrected chi connectivity index (χ2v) is 3.75. The number of rotatable bonds is 0. The van der Waals surface area contributed by atoms with Crippen molar-refractivity contribution >= 4 is 0 Å². The molecular formula is C8H15NO3. The van der Waals surface area contributed by atoms with Crippen LogP contribution in [-0.4, -0.2) is 57.7 Å². The molecular weight excluding hydrogens is 158 g/mol. The monoisotopic (exact) mass is 173 g/mol. The standard InChI is InChI=1S/C8H15NO3/c10-5-2-1-3-9-4-6(11)8(12)7(5)9/h5-8,10-12H,1-4H2/t5-,6?,7+,8+/m0/s1. The molecule has 2 aliphatic rings. The molecule has 0 saturated carbocycles. The van der Waals surface area contributed by atoms with Gasteiger partial charge < -0.3 is 15.3 Å². The van der Waals surface area contributed by atoms with Crippen LogP contribution in [-0.2, 0) is 0 Å². The van der Waals surface area contributed by atoms with Gasteiger partial charge in [-0.3, -0.25) is 4.90 Å². The maximum absolute atomic E-state index is 9.55. The molecule has 1 unspecified atom stereocenters. The van der Waals surface area contributed by atoms with Crippen molar-refractivity contribution in [2.45, 2.75) is 37.2 Å². The van der Waals surface area contributed by atoms with Gasteiger partial charge in [-0.1, -0.05) is 0 Å². The molecule has 12 heavy (non-hydrogen) atoms. The Balaban J connectivity index is 2.12. The van der Waals surface area contributed by atoms with E-state index in [1.807, 2.05) is 4.90 Å². The Morgan fingerprint density at radius 2 is 1.83 bits per heavy atom. The predicted molar refractivity (Wildman–Crippen MR) is 42.6 cm³/mol. The summed E-state index contributed by atoms with van der Waals surface area (Å²) in [6.45, 7) is 1.39. The van der Waals surface area contributed by atoms with Crippen LogP contribution in [0.1, 0.15) is 12.8 Å². The SMILES string of the molecule is OC1CN2CCC[C@H](O)[C@@H]2[C@@H]1O. The van der Waals surface area contributed by atoms with Crippen molar-refractivity contribution in [3.05, 3.63) is 0 Å². The summed E-state index contributed by atoms with van der Waals surface area (Å²) in [5.41, 5.74) is 0. The number of aliphatic hydroxyl groups excluding tert-OH is 3. The van der Waals surface area contributed by atoms with Crippen LogP contribution in [0.15, 0.2) is 0 Å². The molecule has 3 N–H and O–H groups in total. The molecule has 0 radical (unpaired) electrons. The van der Waals surface area contributed by atoms with Crippen molar-refractivity contribution in [1.82, 2.24) is 4.90 Å². The average molecular weight is 173 g/mol. The van der Waals surface area contributed by atoms with E-state index in [4.69, 9.17) is 0 Å². The van der Waals surface area contributed by atoms with Gasteiger partial charge in [-0.05, 0) is 19.4 Å². The molecule has 4 heteroatoms. The van der Waals surface area contributed by atoms with Gasteiger partial charge in [-0.15, -0.1) is 0 Å². The fourth-order valence-corrected chi connectivity index (χ4v) is 2.30. The number of piperidine rings is 1. The van der Waals surface area contributed by atoms with E-state index in [9.17, 15) is 15.3 Å². The van der Waals surface area contributed by atoms with E-state index in [1.165, 1.54) is 0 Å². The van der Waals surface area contributed by atoms with Gasteiger partial charge in [-0.25, -0.2) is 0 Å². The molecule has 0 aromatic rings. The molecule has 2 heterocycles. The number of aliphatic hydroxyl groups is 3. The van der Waals surface area contributed by atoms with E-state index in [1.54, 1.807) is 0 Å². The Bertz CT molecular complexity index is 176. The first kappa shape index (κ1) is 8.44. The Labute approximate surface area is 71.4 Å². The summed E-state index contributed by atoms with van der Waals surface area (Å²) in [7, 11) is 0. The van der Waals surface area contributed by atoms with Crippen molar-refractivity contribution in [3.63, 3.8) is 0 Å². The molecule has 2 aliphatic heterocycles. The minimum absolute atomic E-state index is 0.228. The average Bonchev–Trinajstić information content (AvgIpc) is 2.29. The maximum Gasteiger partial charge on any atom is 0.0991 e. The molecule has 2 fully saturated rings. The molecule has 0 aromatic heterocycles. The van der Waals surface area contributed by atoms with Crippen LogP contribution in [0.4, 0.5) is 0 Å². The summed E-state index contributed by atoms with van der Waals surface area (Å²) in [6.07, 6.45) is -0.212. The van der Waals surface area contributed by atoms with Crippen molar-refractivity contribution in [2.24, 2.45) is 0 Å². The van der Waals surface area contributed by atoms with Crippen LogP contribution in [0.5, 0.6) is 0 Å². The van der Waals surface area contributed by atoms with Crippen molar-refractivity contribution in [3.8, 4) is 0 Å². The lowest BCUT2D eigenvalue weighted by Crippen LogP contribution is -2.48. The van der Waals surface area contributed by atoms with Crippen LogP contribution in [0.25, 0.3) is 0 Å². The lowest BCUT2D eigenvalue weighted by Gasteiger charge is -2.34. The number of hydrogen-bond donors (Lipinski definition) is 3. The van der Waals surface area contributed by atoms with E-state index in [-0.39, 0.29) is 6.04 Å². The highest BCUT2D eigenvalue weighted by Crippen LogP contribution is 2.27. The van der Waals surface area contributed by atoms with Gasteiger partial charge in [0, 0.05) is 6.54 Å². The predicted octanol–water partition coefficient (Wildman–Crippen LogP) is -1.45. The third-order valence-corrected chi connectivity index (χ3v) is 2.93. The van der Waals surface area contributed by atoms with Gasteiger partial charge in [0.25, 0.3) is 0 Å². The van der Waals surface area contributed by atoms with Gasteiger partial charge in [0.1, 0.15) is 0 Å². The quantitative estimate of drug-likeness (QED) is 0.419. The molecule has 0 aliphatic carbocycles. The lowest BCUT2D eigenvalue weighted by atomic mass is 9.97. The summed E-state index contributed by atoms with van der Waals surface area (Å²) in [6, 6.07) is -0.228. The van der Waals surface area contributed by atoms with E-state index in [0.29, 0.717) is 6.54 Å². The van der Waals surface area contributed by atoms with Crippen LogP contribution in [0.2, 0.25) is 0 Å². The molecule has 0 aromatic carbocycles. The Hall–Kier alpha value is -0.160. The van der Waals surface area contributed by atoms with Crippen molar-refractivity contribution < 1.29 is 15.3 Å². The lowest BCUT2D eigenvalue weighted by molar-refractivity contribution is -0.0282. The number of nitrogens with zero attached hydrogens (tertiary/aromatic N) is 1. The third-order valence-electron chi connectivity index (χ3n) is 2.93.